The van der Waals surface area contributed by atoms with E-state index in [-0.39, 0.29) is 54.8 Å². The van der Waals surface area contributed by atoms with Gasteiger partial charge in [-0.2, -0.15) is 0 Å². The Morgan fingerprint density at radius 1 is 0.727 bits per heavy atom. The molecule has 0 unspecified atom stereocenters. The molecule has 0 atom stereocenters. The molecule has 0 aliphatic rings. The zero-order chi connectivity index (χ0) is 7.15. The summed E-state index contributed by atoms with van der Waals surface area (Å²) >= 11 is 0. The molecule has 0 saturated carbocycles. The van der Waals surface area contributed by atoms with E-state index in [1.165, 1.54) is 0 Å². The van der Waals surface area contributed by atoms with E-state index in [9.17, 15) is 0 Å². The third-order valence-electron chi connectivity index (χ3n) is 0. The van der Waals surface area contributed by atoms with Crippen LogP contribution in [-0.4, -0.2) is 18.3 Å². The molecule has 6 nitrogen and oxygen atoms in total. The van der Waals surface area contributed by atoms with Gasteiger partial charge in [0.1, 0.15) is 0 Å². The maximum absolute atomic E-state index is 8.52. The summed E-state index contributed by atoms with van der Waals surface area (Å²) in [5.74, 6) is 0. The molecule has 53 valence electrons. The van der Waals surface area contributed by atoms with Crippen molar-refractivity contribution in [1.82, 2.24) is 0 Å². The minimum absolute atomic E-state index is 0. The molecule has 0 saturated heterocycles. The molecule has 0 amide bonds. The van der Waals surface area contributed by atoms with E-state index < -0.39 is 18.3 Å². The summed E-state index contributed by atoms with van der Waals surface area (Å²) < 4.78 is 17.0. The maximum atomic E-state index is 8.52. The SMILES string of the molecule is O=[Si]([O-])[O-].O=[Si]([O-])[O-].[Li+].[Li+].[Mn+2]. The number of hydrogen-bond donors (Lipinski definition) is 0. The van der Waals surface area contributed by atoms with Gasteiger partial charge in [-0.25, -0.2) is 0 Å². The van der Waals surface area contributed by atoms with Gasteiger partial charge in [-0.05, 0) is 0 Å². The molecular weight excluding hydrogens is 221 g/mol. The fraction of sp³-hybridized carbons (Fsp3) is 0. The van der Waals surface area contributed by atoms with Crippen LogP contribution in [0.15, 0.2) is 0 Å². The summed E-state index contributed by atoms with van der Waals surface area (Å²) in [5.41, 5.74) is 0. The summed E-state index contributed by atoms with van der Waals surface area (Å²) in [6.45, 7) is 0. The third-order valence-corrected chi connectivity index (χ3v) is 0. The van der Waals surface area contributed by atoms with Gasteiger partial charge in [-0.3, -0.25) is 0 Å². The molecule has 0 fully saturated rings. The second-order valence-electron chi connectivity index (χ2n) is 0.500. The molecule has 0 heterocycles. The van der Waals surface area contributed by atoms with E-state index in [2.05, 4.69) is 0 Å². The Bertz CT molecular complexity index is 76.6. The Morgan fingerprint density at radius 2 is 0.727 bits per heavy atom. The normalized spacial score (nSPS) is 4.36. The van der Waals surface area contributed by atoms with Gasteiger partial charge in [0.2, 0.25) is 0 Å². The van der Waals surface area contributed by atoms with E-state index in [4.69, 9.17) is 28.1 Å². The van der Waals surface area contributed by atoms with Crippen molar-refractivity contribution in [3.8, 4) is 0 Å². The van der Waals surface area contributed by atoms with Crippen LogP contribution in [0.1, 0.15) is 0 Å². The zero-order valence-electron chi connectivity index (χ0n) is 5.83. The van der Waals surface area contributed by atoms with Crippen LogP contribution in [-0.2, 0) is 26.0 Å². The molecule has 0 aliphatic heterocycles. The molecule has 1 radical (unpaired) electrons. The second-order valence-corrected chi connectivity index (χ2v) is 1.50. The van der Waals surface area contributed by atoms with Crippen molar-refractivity contribution < 1.29 is 82.9 Å². The predicted octanol–water partition coefficient (Wildman–Crippen LogP) is -11.7. The van der Waals surface area contributed by atoms with Gasteiger partial charge in [0.15, 0.2) is 0 Å². The van der Waals surface area contributed by atoms with Gasteiger partial charge in [-0.1, -0.05) is 0 Å². The summed E-state index contributed by atoms with van der Waals surface area (Å²) in [6.07, 6.45) is 0. The summed E-state index contributed by atoms with van der Waals surface area (Å²) in [4.78, 5) is 34.1. The Kier molecular flexibility index (Phi) is 60.5. The molecule has 0 aromatic heterocycles. The maximum Gasteiger partial charge on any atom is 2.00 e. The molecule has 0 bridgehead atoms. The molecule has 11 heteroatoms. The van der Waals surface area contributed by atoms with Crippen LogP contribution in [0.4, 0.5) is 0 Å². The molecule has 0 aromatic rings. The van der Waals surface area contributed by atoms with Crippen molar-refractivity contribution in [2.75, 3.05) is 0 Å². The summed E-state index contributed by atoms with van der Waals surface area (Å²) in [5, 5.41) is 0. The second kappa shape index (κ2) is 22.4. The quantitative estimate of drug-likeness (QED) is 0.373. The predicted molar refractivity (Wildman–Crippen MR) is 12.9 cm³/mol. The Balaban J connectivity index is -0.0000000171. The number of rotatable bonds is 0. The minimum Gasteiger partial charge on any atom is -0.672 e. The summed E-state index contributed by atoms with van der Waals surface area (Å²) in [7, 11) is -7.26. The van der Waals surface area contributed by atoms with Crippen molar-refractivity contribution >= 4 is 18.3 Å². The third kappa shape index (κ3) is 975. The fourth-order valence-electron chi connectivity index (χ4n) is 0. The molecule has 11 heavy (non-hydrogen) atoms. The van der Waals surface area contributed by atoms with Crippen molar-refractivity contribution in [2.45, 2.75) is 0 Å². The first-order chi connectivity index (χ1) is 3.46. The van der Waals surface area contributed by atoms with Gasteiger partial charge in [0.05, 0.1) is 0 Å². The van der Waals surface area contributed by atoms with Gasteiger partial charge in [0, 0.05) is 18.3 Å². The fourth-order valence-corrected chi connectivity index (χ4v) is 0. The zero-order valence-corrected chi connectivity index (χ0v) is 9.01. The van der Waals surface area contributed by atoms with Gasteiger partial charge < -0.3 is 28.1 Å². The standard InChI is InChI=1S/2Li.Mn.2O3Si/c;;;2*1-4(2)3/q2*+1;+2;2*-2. The van der Waals surface area contributed by atoms with Crippen LogP contribution >= 0.6 is 0 Å². The van der Waals surface area contributed by atoms with Gasteiger partial charge >= 0.3 is 54.8 Å². The van der Waals surface area contributed by atoms with Crippen LogP contribution in [0.2, 0.25) is 0 Å². The average Bonchev–Trinajstić information content (AvgIpc) is 1.25. The first kappa shape index (κ1) is 29.7. The minimum atomic E-state index is -3.63. The average molecular weight is 221 g/mol. The van der Waals surface area contributed by atoms with Crippen LogP contribution in [0.3, 0.4) is 0 Å². The van der Waals surface area contributed by atoms with Gasteiger partial charge in [-0.15, -0.1) is 0 Å². The first-order valence-electron chi connectivity index (χ1n) is 1.22. The smallest absolute Gasteiger partial charge is 0.672 e. The van der Waals surface area contributed by atoms with E-state index in [0.717, 1.165) is 0 Å². The first-order valence-corrected chi connectivity index (χ1v) is 3.67. The molecule has 0 rings (SSSR count). The van der Waals surface area contributed by atoms with E-state index in [0.29, 0.717) is 0 Å². The molecule has 0 spiro atoms. The van der Waals surface area contributed by atoms with Crippen molar-refractivity contribution in [3.63, 3.8) is 0 Å². The van der Waals surface area contributed by atoms with Crippen LogP contribution < -0.4 is 56.9 Å². The van der Waals surface area contributed by atoms with Crippen molar-refractivity contribution in [1.29, 1.82) is 0 Å². The Labute approximate surface area is 101 Å². The van der Waals surface area contributed by atoms with E-state index in [1.807, 2.05) is 0 Å². The van der Waals surface area contributed by atoms with Crippen LogP contribution in [0.25, 0.3) is 0 Å². The molecular formula is Li2MnO6Si2. The van der Waals surface area contributed by atoms with Crippen molar-refractivity contribution in [2.24, 2.45) is 0 Å². The van der Waals surface area contributed by atoms with E-state index in [1.54, 1.807) is 0 Å². The van der Waals surface area contributed by atoms with Crippen LogP contribution in [0, 0.1) is 0 Å². The molecule has 0 aromatic carbocycles. The Morgan fingerprint density at radius 3 is 0.727 bits per heavy atom. The summed E-state index contributed by atoms with van der Waals surface area (Å²) in [6, 6.07) is 0. The van der Waals surface area contributed by atoms with Crippen molar-refractivity contribution in [3.05, 3.63) is 0 Å². The monoisotopic (exact) mass is 221 g/mol. The molecule has 0 N–H and O–H groups in total. The largest absolute Gasteiger partial charge is 2.00 e. The number of hydrogen-bond acceptors (Lipinski definition) is 6. The molecule has 0 aliphatic carbocycles. The van der Waals surface area contributed by atoms with Gasteiger partial charge in [0.25, 0.3) is 0 Å². The Hall–Kier alpha value is 0.948. The van der Waals surface area contributed by atoms with Crippen LogP contribution in [0.5, 0.6) is 0 Å². The van der Waals surface area contributed by atoms with E-state index >= 15 is 0 Å². The topological polar surface area (TPSA) is 126 Å².